The van der Waals surface area contributed by atoms with Gasteiger partial charge >= 0.3 is 0 Å². The van der Waals surface area contributed by atoms with E-state index in [-0.39, 0.29) is 0 Å². The van der Waals surface area contributed by atoms with Crippen LogP contribution in [0.1, 0.15) is 0 Å². The smallest absolute Gasteiger partial charge is 0.0897 e. The molecule has 2 N–H and O–H groups in total. The topological polar surface area (TPSA) is 50.7 Å². The van der Waals surface area contributed by atoms with Crippen LogP contribution < -0.4 is 5.32 Å². The number of hydrogen-bond acceptors (Lipinski definition) is 4. The molecule has 4 nitrogen and oxygen atoms in total. The third-order valence-corrected chi connectivity index (χ3v) is 1.22. The van der Waals surface area contributed by atoms with E-state index in [1.807, 2.05) is 0 Å². The van der Waals surface area contributed by atoms with Gasteiger partial charge in [0.05, 0.1) is 19.3 Å². The first-order chi connectivity index (χ1) is 5.31. The predicted octanol–water partition coefficient (Wildman–Crippen LogP) is -0.770. The highest BCUT2D eigenvalue weighted by atomic mass is 16.5. The lowest BCUT2D eigenvalue weighted by Crippen LogP contribution is -2.31. The van der Waals surface area contributed by atoms with Crippen LogP contribution in [-0.2, 0) is 9.47 Å². The number of aliphatic hydroxyl groups excluding tert-OH is 1. The minimum Gasteiger partial charge on any atom is -0.389 e. The maximum atomic E-state index is 9.12. The minimum absolute atomic E-state index is 0.375. The first-order valence-corrected chi connectivity index (χ1v) is 3.68. The molecule has 0 saturated carbocycles. The summed E-state index contributed by atoms with van der Waals surface area (Å²) < 4.78 is 9.55. The molecule has 0 aliphatic heterocycles. The van der Waals surface area contributed by atoms with E-state index < -0.39 is 6.10 Å². The molecule has 0 aromatic heterocycles. The van der Waals surface area contributed by atoms with Crippen molar-refractivity contribution in [3.63, 3.8) is 0 Å². The van der Waals surface area contributed by atoms with E-state index in [1.165, 1.54) is 0 Å². The standard InChI is InChI=1S/C7H17NO3/c1-10-4-3-8-5-7(9)6-11-2/h7-9H,3-6H2,1-2H3. The van der Waals surface area contributed by atoms with Crippen molar-refractivity contribution in [2.45, 2.75) is 6.10 Å². The predicted molar refractivity (Wildman–Crippen MR) is 42.6 cm³/mol. The van der Waals surface area contributed by atoms with Gasteiger partial charge in [-0.2, -0.15) is 0 Å². The second kappa shape index (κ2) is 7.94. The van der Waals surface area contributed by atoms with Crippen molar-refractivity contribution in [1.82, 2.24) is 5.32 Å². The summed E-state index contributed by atoms with van der Waals surface area (Å²) in [7, 11) is 3.21. The van der Waals surface area contributed by atoms with Crippen LogP contribution in [-0.4, -0.2) is 51.7 Å². The molecule has 0 aromatic rings. The Labute approximate surface area is 67.5 Å². The average Bonchev–Trinajstić information content (AvgIpc) is 1.99. The van der Waals surface area contributed by atoms with E-state index in [4.69, 9.17) is 14.6 Å². The Balaban J connectivity index is 2.97. The zero-order valence-electron chi connectivity index (χ0n) is 7.17. The number of methoxy groups -OCH3 is 2. The van der Waals surface area contributed by atoms with Gasteiger partial charge in [0.15, 0.2) is 0 Å². The zero-order valence-corrected chi connectivity index (χ0v) is 7.17. The van der Waals surface area contributed by atoms with Crippen LogP contribution in [0.2, 0.25) is 0 Å². The quantitative estimate of drug-likeness (QED) is 0.484. The molecule has 0 fully saturated rings. The Morgan fingerprint density at radius 1 is 1.36 bits per heavy atom. The molecule has 0 bridgehead atoms. The average molecular weight is 163 g/mol. The molecule has 0 aromatic carbocycles. The van der Waals surface area contributed by atoms with Gasteiger partial charge in [0.25, 0.3) is 0 Å². The molecule has 0 radical (unpaired) electrons. The first kappa shape index (κ1) is 10.8. The number of aliphatic hydroxyl groups is 1. The molecule has 0 aliphatic rings. The van der Waals surface area contributed by atoms with Gasteiger partial charge in [0.1, 0.15) is 0 Å². The minimum atomic E-state index is -0.420. The van der Waals surface area contributed by atoms with Crippen LogP contribution in [0.5, 0.6) is 0 Å². The third kappa shape index (κ3) is 7.74. The molecule has 0 saturated heterocycles. The van der Waals surface area contributed by atoms with Gasteiger partial charge in [-0.3, -0.25) is 0 Å². The van der Waals surface area contributed by atoms with E-state index in [0.717, 1.165) is 6.54 Å². The number of rotatable bonds is 7. The van der Waals surface area contributed by atoms with Crippen LogP contribution in [0.3, 0.4) is 0 Å². The first-order valence-electron chi connectivity index (χ1n) is 3.68. The van der Waals surface area contributed by atoms with E-state index in [0.29, 0.717) is 19.8 Å². The summed E-state index contributed by atoms with van der Waals surface area (Å²) in [5, 5.41) is 12.1. The van der Waals surface area contributed by atoms with E-state index in [9.17, 15) is 0 Å². The van der Waals surface area contributed by atoms with Crippen LogP contribution in [0.25, 0.3) is 0 Å². The molecule has 0 amide bonds. The van der Waals surface area contributed by atoms with Gasteiger partial charge < -0.3 is 19.9 Å². The summed E-state index contributed by atoms with van der Waals surface area (Å²) in [6.45, 7) is 2.36. The molecule has 0 heterocycles. The van der Waals surface area contributed by atoms with Gasteiger partial charge in [-0.1, -0.05) is 0 Å². The second-order valence-corrected chi connectivity index (χ2v) is 2.31. The SMILES string of the molecule is COCCNCC(O)COC. The zero-order chi connectivity index (χ0) is 8.53. The van der Waals surface area contributed by atoms with Crippen LogP contribution in [0.15, 0.2) is 0 Å². The van der Waals surface area contributed by atoms with Crippen LogP contribution in [0.4, 0.5) is 0 Å². The van der Waals surface area contributed by atoms with Crippen molar-refractivity contribution in [3.05, 3.63) is 0 Å². The molecule has 0 rings (SSSR count). The Morgan fingerprint density at radius 2 is 2.09 bits per heavy atom. The number of ether oxygens (including phenoxy) is 2. The summed E-state index contributed by atoms with van der Waals surface area (Å²) in [6.07, 6.45) is -0.420. The second-order valence-electron chi connectivity index (χ2n) is 2.31. The van der Waals surface area contributed by atoms with Crippen molar-refractivity contribution in [2.24, 2.45) is 0 Å². The van der Waals surface area contributed by atoms with Gasteiger partial charge in [-0.15, -0.1) is 0 Å². The largest absolute Gasteiger partial charge is 0.389 e. The Kier molecular flexibility index (Phi) is 7.83. The molecular formula is C7H17NO3. The lowest BCUT2D eigenvalue weighted by atomic mass is 10.4. The van der Waals surface area contributed by atoms with E-state index in [2.05, 4.69) is 5.32 Å². The fourth-order valence-electron chi connectivity index (χ4n) is 0.694. The van der Waals surface area contributed by atoms with Crippen molar-refractivity contribution in [1.29, 1.82) is 0 Å². The number of nitrogens with one attached hydrogen (secondary N) is 1. The van der Waals surface area contributed by atoms with Gasteiger partial charge in [-0.05, 0) is 0 Å². The summed E-state index contributed by atoms with van der Waals surface area (Å²) in [6, 6.07) is 0. The van der Waals surface area contributed by atoms with Crippen molar-refractivity contribution in [3.8, 4) is 0 Å². The van der Waals surface area contributed by atoms with Crippen molar-refractivity contribution >= 4 is 0 Å². The summed E-state index contributed by atoms with van der Waals surface area (Å²) >= 11 is 0. The number of hydrogen-bond donors (Lipinski definition) is 2. The Morgan fingerprint density at radius 3 is 2.64 bits per heavy atom. The lowest BCUT2D eigenvalue weighted by Gasteiger charge is -2.09. The van der Waals surface area contributed by atoms with Gasteiger partial charge in [0, 0.05) is 27.3 Å². The molecule has 0 aliphatic carbocycles. The Bertz CT molecular complexity index is 80.1. The fraction of sp³-hybridized carbons (Fsp3) is 1.00. The van der Waals surface area contributed by atoms with Crippen molar-refractivity contribution in [2.75, 3.05) is 40.5 Å². The normalized spacial score (nSPS) is 13.4. The molecule has 11 heavy (non-hydrogen) atoms. The van der Waals surface area contributed by atoms with Gasteiger partial charge in [0.2, 0.25) is 0 Å². The molecule has 1 unspecified atom stereocenters. The Hall–Kier alpha value is -0.160. The molecule has 0 spiro atoms. The van der Waals surface area contributed by atoms with E-state index >= 15 is 0 Å². The van der Waals surface area contributed by atoms with E-state index in [1.54, 1.807) is 14.2 Å². The summed E-state index contributed by atoms with van der Waals surface area (Å²) in [5.41, 5.74) is 0. The van der Waals surface area contributed by atoms with Crippen molar-refractivity contribution < 1.29 is 14.6 Å². The highest BCUT2D eigenvalue weighted by Crippen LogP contribution is 1.80. The van der Waals surface area contributed by atoms with Gasteiger partial charge in [-0.25, -0.2) is 0 Å². The summed E-state index contributed by atoms with van der Waals surface area (Å²) in [4.78, 5) is 0. The maximum absolute atomic E-state index is 9.12. The highest BCUT2D eigenvalue weighted by Gasteiger charge is 2.00. The molecule has 4 heteroatoms. The molecule has 1 atom stereocenters. The summed E-state index contributed by atoms with van der Waals surface area (Å²) in [5.74, 6) is 0. The lowest BCUT2D eigenvalue weighted by molar-refractivity contribution is 0.0633. The highest BCUT2D eigenvalue weighted by molar-refractivity contribution is 4.56. The van der Waals surface area contributed by atoms with Crippen LogP contribution in [0, 0.1) is 0 Å². The fourth-order valence-corrected chi connectivity index (χ4v) is 0.694. The molecular weight excluding hydrogens is 146 g/mol. The molecule has 68 valence electrons. The third-order valence-electron chi connectivity index (χ3n) is 1.22. The van der Waals surface area contributed by atoms with Crippen LogP contribution >= 0.6 is 0 Å². The maximum Gasteiger partial charge on any atom is 0.0897 e. The monoisotopic (exact) mass is 163 g/mol.